The van der Waals surface area contributed by atoms with Crippen LogP contribution in [0.25, 0.3) is 0 Å². The van der Waals surface area contributed by atoms with Crippen LogP contribution in [0.15, 0.2) is 0 Å². The zero-order valence-electron chi connectivity index (χ0n) is 11.8. The molecule has 0 aromatic carbocycles. The van der Waals surface area contributed by atoms with Gasteiger partial charge in [-0.1, -0.05) is 13.8 Å². The van der Waals surface area contributed by atoms with Crippen LogP contribution >= 0.6 is 0 Å². The highest BCUT2D eigenvalue weighted by molar-refractivity contribution is 5.76. The van der Waals surface area contributed by atoms with Crippen molar-refractivity contribution in [3.8, 4) is 0 Å². The van der Waals surface area contributed by atoms with Gasteiger partial charge in [0.1, 0.15) is 0 Å². The molecule has 0 saturated carbocycles. The standard InChI is InChI=1S/C13H27NO3/c1-12(2,7-6-8-15)9-14-10-13(3,4)11(16)17-5/h14-15H,6-10H2,1-5H3. The van der Waals surface area contributed by atoms with Crippen LogP contribution in [0.4, 0.5) is 0 Å². The molecule has 0 fully saturated rings. The summed E-state index contributed by atoms with van der Waals surface area (Å²) in [5.74, 6) is -0.196. The summed E-state index contributed by atoms with van der Waals surface area (Å²) in [7, 11) is 1.41. The van der Waals surface area contributed by atoms with E-state index >= 15 is 0 Å². The second-order valence-corrected chi connectivity index (χ2v) is 5.97. The molecule has 0 unspecified atom stereocenters. The highest BCUT2D eigenvalue weighted by Crippen LogP contribution is 2.22. The average Bonchev–Trinajstić information content (AvgIpc) is 2.24. The molecule has 0 atom stereocenters. The molecule has 0 aliphatic carbocycles. The van der Waals surface area contributed by atoms with Gasteiger partial charge >= 0.3 is 5.97 Å². The van der Waals surface area contributed by atoms with Gasteiger partial charge in [0, 0.05) is 19.7 Å². The second kappa shape index (κ2) is 6.97. The quantitative estimate of drug-likeness (QED) is 0.637. The molecule has 0 amide bonds. The third-order valence-electron chi connectivity index (χ3n) is 2.92. The maximum absolute atomic E-state index is 11.5. The number of ether oxygens (including phenoxy) is 1. The fourth-order valence-electron chi connectivity index (χ4n) is 1.71. The van der Waals surface area contributed by atoms with Gasteiger partial charge in [-0.15, -0.1) is 0 Å². The number of carbonyl (C=O) groups excluding carboxylic acids is 1. The first-order valence-corrected chi connectivity index (χ1v) is 6.15. The van der Waals surface area contributed by atoms with E-state index in [4.69, 9.17) is 9.84 Å². The van der Waals surface area contributed by atoms with Gasteiger partial charge in [-0.2, -0.15) is 0 Å². The Balaban J connectivity index is 4.01. The Morgan fingerprint density at radius 1 is 1.24 bits per heavy atom. The van der Waals surface area contributed by atoms with E-state index in [0.29, 0.717) is 6.54 Å². The number of hydrogen-bond donors (Lipinski definition) is 2. The smallest absolute Gasteiger partial charge is 0.312 e. The third kappa shape index (κ3) is 6.64. The van der Waals surface area contributed by atoms with E-state index in [9.17, 15) is 4.79 Å². The predicted molar refractivity (Wildman–Crippen MR) is 68.8 cm³/mol. The third-order valence-corrected chi connectivity index (χ3v) is 2.92. The molecule has 0 radical (unpaired) electrons. The molecule has 4 nitrogen and oxygen atoms in total. The molecular weight excluding hydrogens is 218 g/mol. The molecule has 0 aliphatic heterocycles. The number of carbonyl (C=O) groups is 1. The predicted octanol–water partition coefficient (Wildman–Crippen LogP) is 1.57. The Morgan fingerprint density at radius 2 is 1.82 bits per heavy atom. The van der Waals surface area contributed by atoms with Crippen LogP contribution < -0.4 is 5.32 Å². The molecule has 0 saturated heterocycles. The fourth-order valence-corrected chi connectivity index (χ4v) is 1.71. The van der Waals surface area contributed by atoms with Gasteiger partial charge in [0.25, 0.3) is 0 Å². The minimum atomic E-state index is -0.498. The lowest BCUT2D eigenvalue weighted by Crippen LogP contribution is -2.40. The van der Waals surface area contributed by atoms with Gasteiger partial charge in [-0.3, -0.25) is 4.79 Å². The minimum absolute atomic E-state index is 0.134. The molecule has 0 spiro atoms. The van der Waals surface area contributed by atoms with E-state index in [0.717, 1.165) is 19.4 Å². The highest BCUT2D eigenvalue weighted by atomic mass is 16.5. The minimum Gasteiger partial charge on any atom is -0.469 e. The molecule has 0 heterocycles. The molecule has 17 heavy (non-hydrogen) atoms. The SMILES string of the molecule is COC(=O)C(C)(C)CNCC(C)(C)CCCO. The summed E-state index contributed by atoms with van der Waals surface area (Å²) in [5, 5.41) is 12.1. The van der Waals surface area contributed by atoms with Crippen molar-refractivity contribution in [1.82, 2.24) is 5.32 Å². The fraction of sp³-hybridized carbons (Fsp3) is 0.923. The number of aliphatic hydroxyl groups is 1. The van der Waals surface area contributed by atoms with E-state index in [1.54, 1.807) is 0 Å². The van der Waals surface area contributed by atoms with Crippen molar-refractivity contribution in [1.29, 1.82) is 0 Å². The van der Waals surface area contributed by atoms with Crippen LogP contribution in [0.1, 0.15) is 40.5 Å². The van der Waals surface area contributed by atoms with Gasteiger partial charge in [0.15, 0.2) is 0 Å². The van der Waals surface area contributed by atoms with Crippen molar-refractivity contribution < 1.29 is 14.6 Å². The lowest BCUT2D eigenvalue weighted by molar-refractivity contribution is -0.150. The first kappa shape index (κ1) is 16.4. The van der Waals surface area contributed by atoms with Crippen molar-refractivity contribution in [3.05, 3.63) is 0 Å². The summed E-state index contributed by atoms with van der Waals surface area (Å²) in [4.78, 5) is 11.5. The monoisotopic (exact) mass is 245 g/mol. The normalized spacial score (nSPS) is 12.6. The topological polar surface area (TPSA) is 58.6 Å². The number of aliphatic hydroxyl groups excluding tert-OH is 1. The number of methoxy groups -OCH3 is 1. The Kier molecular flexibility index (Phi) is 6.72. The summed E-state index contributed by atoms with van der Waals surface area (Å²) in [6, 6.07) is 0. The van der Waals surface area contributed by atoms with Crippen LogP contribution in [0.2, 0.25) is 0 Å². The van der Waals surface area contributed by atoms with Crippen molar-refractivity contribution in [2.75, 3.05) is 26.8 Å². The molecule has 0 aromatic heterocycles. The van der Waals surface area contributed by atoms with Gasteiger partial charge in [0.05, 0.1) is 12.5 Å². The van der Waals surface area contributed by atoms with Crippen LogP contribution in [-0.4, -0.2) is 37.9 Å². The average molecular weight is 245 g/mol. The summed E-state index contributed by atoms with van der Waals surface area (Å²) < 4.78 is 4.75. The number of esters is 1. The molecule has 102 valence electrons. The zero-order valence-corrected chi connectivity index (χ0v) is 11.8. The zero-order chi connectivity index (χ0) is 13.5. The molecule has 0 bridgehead atoms. The van der Waals surface area contributed by atoms with Gasteiger partial charge in [-0.25, -0.2) is 0 Å². The Labute approximate surface area is 105 Å². The van der Waals surface area contributed by atoms with E-state index in [2.05, 4.69) is 19.2 Å². The largest absolute Gasteiger partial charge is 0.469 e. The number of nitrogens with one attached hydrogen (secondary N) is 1. The molecule has 0 aliphatic rings. The van der Waals surface area contributed by atoms with Crippen molar-refractivity contribution >= 4 is 5.97 Å². The summed E-state index contributed by atoms with van der Waals surface area (Å²) in [6.07, 6.45) is 1.78. The lowest BCUT2D eigenvalue weighted by atomic mass is 9.87. The maximum atomic E-state index is 11.5. The summed E-state index contributed by atoms with van der Waals surface area (Å²) in [5.41, 5.74) is -0.364. The van der Waals surface area contributed by atoms with E-state index in [-0.39, 0.29) is 18.0 Å². The number of rotatable bonds is 8. The number of hydrogen-bond acceptors (Lipinski definition) is 4. The van der Waals surface area contributed by atoms with Gasteiger partial charge in [-0.05, 0) is 32.1 Å². The molecular formula is C13H27NO3. The maximum Gasteiger partial charge on any atom is 0.312 e. The highest BCUT2D eigenvalue weighted by Gasteiger charge is 2.29. The Morgan fingerprint density at radius 3 is 2.29 bits per heavy atom. The van der Waals surface area contributed by atoms with E-state index < -0.39 is 5.41 Å². The van der Waals surface area contributed by atoms with Crippen molar-refractivity contribution in [2.45, 2.75) is 40.5 Å². The van der Waals surface area contributed by atoms with Crippen LogP contribution in [0.3, 0.4) is 0 Å². The van der Waals surface area contributed by atoms with Gasteiger partial charge in [0.2, 0.25) is 0 Å². The molecule has 0 aromatic rings. The van der Waals surface area contributed by atoms with Crippen molar-refractivity contribution in [2.24, 2.45) is 10.8 Å². The molecule has 4 heteroatoms. The first-order valence-electron chi connectivity index (χ1n) is 6.15. The van der Waals surface area contributed by atoms with Crippen LogP contribution in [-0.2, 0) is 9.53 Å². The Hall–Kier alpha value is -0.610. The van der Waals surface area contributed by atoms with Crippen molar-refractivity contribution in [3.63, 3.8) is 0 Å². The van der Waals surface area contributed by atoms with Crippen LogP contribution in [0.5, 0.6) is 0 Å². The summed E-state index contributed by atoms with van der Waals surface area (Å²) >= 11 is 0. The summed E-state index contributed by atoms with van der Waals surface area (Å²) in [6.45, 7) is 9.70. The van der Waals surface area contributed by atoms with E-state index in [1.807, 2.05) is 13.8 Å². The van der Waals surface area contributed by atoms with Crippen LogP contribution in [0, 0.1) is 10.8 Å². The molecule has 0 rings (SSSR count). The molecule has 2 N–H and O–H groups in total. The first-order chi connectivity index (χ1) is 7.75. The van der Waals surface area contributed by atoms with Gasteiger partial charge < -0.3 is 15.2 Å². The lowest BCUT2D eigenvalue weighted by Gasteiger charge is -2.28. The second-order valence-electron chi connectivity index (χ2n) is 5.97. The van der Waals surface area contributed by atoms with E-state index in [1.165, 1.54) is 7.11 Å². The Bertz CT molecular complexity index is 237.